The number of aromatic hydroxyl groups is 1. The van der Waals surface area contributed by atoms with E-state index in [1.165, 1.54) is 61.1 Å². The summed E-state index contributed by atoms with van der Waals surface area (Å²) in [7, 11) is 0. The average molecular weight is 1310 g/mol. The first-order chi connectivity index (χ1) is 43.8. The Morgan fingerprint density at radius 3 is 1.61 bits per heavy atom. The van der Waals surface area contributed by atoms with Crippen LogP contribution in [0, 0.1) is 17.8 Å². The lowest BCUT2D eigenvalue weighted by Gasteiger charge is -2.32. The number of carboxylic acid groups (broad SMARTS) is 1. The quantitative estimate of drug-likeness (QED) is 0.0150. The molecule has 10 amide bonds. The minimum atomic E-state index is -1.91. The third-order valence-corrected chi connectivity index (χ3v) is 15.6. The fourth-order valence-electron chi connectivity index (χ4n) is 10.1. The Balaban J connectivity index is 1.55. The highest BCUT2D eigenvalue weighted by molar-refractivity contribution is 5.99. The lowest BCUT2D eigenvalue weighted by atomic mass is 9.97. The fourth-order valence-corrected chi connectivity index (χ4v) is 10.1. The van der Waals surface area contributed by atoms with Gasteiger partial charge in [-0.1, -0.05) is 60.1 Å². The van der Waals surface area contributed by atoms with E-state index in [1.54, 1.807) is 27.7 Å². The first-order valence-corrected chi connectivity index (χ1v) is 31.0. The van der Waals surface area contributed by atoms with Gasteiger partial charge >= 0.3 is 5.97 Å². The van der Waals surface area contributed by atoms with Crippen LogP contribution in [-0.4, -0.2) is 208 Å². The summed E-state index contributed by atoms with van der Waals surface area (Å²) in [4.78, 5) is 172. The largest absolute Gasteiger partial charge is 0.508 e. The number of aliphatic hydroxyl groups is 2. The summed E-state index contributed by atoms with van der Waals surface area (Å²) in [5, 5.41) is 64.7. The molecule has 0 aliphatic carbocycles. The third-order valence-electron chi connectivity index (χ3n) is 15.6. The average Bonchev–Trinajstić information content (AvgIpc) is 1.82. The van der Waals surface area contributed by atoms with Gasteiger partial charge in [0.1, 0.15) is 66.2 Å². The predicted octanol–water partition coefficient (Wildman–Crippen LogP) is -3.78. The van der Waals surface area contributed by atoms with E-state index in [0.29, 0.717) is 36.2 Å². The van der Waals surface area contributed by atoms with Crippen LogP contribution in [-0.2, 0) is 72.0 Å². The number of carbonyl (C=O) groups is 11. The molecule has 3 heterocycles. The number of guanidine groups is 1. The van der Waals surface area contributed by atoms with Gasteiger partial charge in [-0.3, -0.25) is 52.9 Å². The monoisotopic (exact) mass is 1310 g/mol. The molecule has 1 aromatic carbocycles. The molecule has 0 spiro atoms. The van der Waals surface area contributed by atoms with E-state index >= 15 is 0 Å². The number of carboxylic acids is 1. The number of nitrogens with two attached hydrogens (primary N) is 3. The Morgan fingerprint density at radius 2 is 1.12 bits per heavy atom. The SMILES string of the molecule is CC[C@H](C)[C@H](NC(=O)[C@H](C)NC(=O)[C@@H](N)CC(C)C)C(=O)N[C@@H](CCCN=C(N)N)C(=O)N[C@@H](Cc1cnc[nH]1)C(=O)N[C@H](C(=O)N[C@H](C(=O)N[C@@H](Cc1cnc[nH]1)C(=O)N[C@H](C(=O)N1CCC[C@H]1C(=O)N[C@@H](Cc1ccc(O)cc1)C(=O)O)C(C)C)[C@@H](C)O)[C@@H](C)O. The lowest BCUT2D eigenvalue weighted by molar-refractivity contribution is -0.145. The summed E-state index contributed by atoms with van der Waals surface area (Å²) in [6, 6.07) is -9.74. The van der Waals surface area contributed by atoms with Crippen LogP contribution in [0.1, 0.15) is 118 Å². The number of phenolic OH excluding ortho intramolecular Hbond substituents is 1. The number of nitrogens with zero attached hydrogens (tertiary/aromatic N) is 4. The Labute approximate surface area is 538 Å². The van der Waals surface area contributed by atoms with Crippen molar-refractivity contribution < 1.29 is 73.2 Å². The van der Waals surface area contributed by atoms with E-state index in [1.807, 2.05) is 13.8 Å². The first kappa shape index (κ1) is 76.2. The zero-order chi connectivity index (χ0) is 69.4. The summed E-state index contributed by atoms with van der Waals surface area (Å²) in [5.74, 6) is -11.5. The molecule has 3 aromatic rings. The fraction of sp³-hybridized carbons (Fsp3) is 0.600. The molecule has 93 heavy (non-hydrogen) atoms. The van der Waals surface area contributed by atoms with Gasteiger partial charge in [0.15, 0.2) is 5.96 Å². The van der Waals surface area contributed by atoms with Crippen molar-refractivity contribution in [2.45, 2.75) is 199 Å². The molecule has 0 unspecified atom stereocenters. The number of hydrogen-bond acceptors (Lipinski definition) is 18. The smallest absolute Gasteiger partial charge is 0.326 e. The number of phenols is 1. The molecular weight excluding hydrogens is 1210 g/mol. The molecule has 33 heteroatoms. The highest BCUT2D eigenvalue weighted by Crippen LogP contribution is 2.22. The van der Waals surface area contributed by atoms with Crippen molar-refractivity contribution in [3.05, 3.63) is 66.3 Å². The van der Waals surface area contributed by atoms with Crippen molar-refractivity contribution in [2.24, 2.45) is 39.9 Å². The zero-order valence-corrected chi connectivity index (χ0v) is 53.9. The number of benzene rings is 1. The van der Waals surface area contributed by atoms with Crippen LogP contribution < -0.4 is 65.1 Å². The number of rotatable bonds is 37. The van der Waals surface area contributed by atoms with Gasteiger partial charge in [0.2, 0.25) is 59.1 Å². The van der Waals surface area contributed by atoms with Gasteiger partial charge in [0.05, 0.1) is 30.9 Å². The number of amides is 10. The highest BCUT2D eigenvalue weighted by atomic mass is 16.4. The van der Waals surface area contributed by atoms with Gasteiger partial charge in [0.25, 0.3) is 0 Å². The highest BCUT2D eigenvalue weighted by Gasteiger charge is 2.42. The lowest BCUT2D eigenvalue weighted by Crippen LogP contribution is -2.64. The number of aromatic amines is 2. The standard InChI is InChI=1S/C60H94N18O15/c1-10-31(6)46(75-49(82)32(7)69-50(83)39(61)21-29(2)3)55(88)70-40(13-11-19-66-60(62)63)51(84)71-41(23-36-25-64-27-67-36)53(86)76-48(34(9)80)57(90)77-47(33(8)79)56(89)72-42(24-37-26-65-28-68-37)52(85)74-45(30(4)5)58(91)78-20-12-14-44(78)54(87)73-43(59(92)93)22-35-15-17-38(81)18-16-35/h15-18,25-34,39-48,79-81H,10-14,19-24,61H2,1-9H3,(H,64,67)(H,65,68)(H,69,83)(H,70,88)(H,71,84)(H,72,89)(H,73,87)(H,74,85)(H,75,82)(H,76,86)(H,77,90)(H,92,93)(H4,62,63,66)/t31-,32-,33+,34+,39-,40-,41-,42-,43-,44-,45-,46-,47-,48-/m0/s1. The first-order valence-electron chi connectivity index (χ1n) is 31.0. The van der Waals surface area contributed by atoms with E-state index in [9.17, 15) is 73.2 Å². The predicted molar refractivity (Wildman–Crippen MR) is 337 cm³/mol. The Hall–Kier alpha value is -9.24. The van der Waals surface area contributed by atoms with Crippen molar-refractivity contribution in [2.75, 3.05) is 13.1 Å². The van der Waals surface area contributed by atoms with Crippen LogP contribution in [0.15, 0.2) is 54.3 Å². The summed E-state index contributed by atoms with van der Waals surface area (Å²) in [6.45, 7) is 14.3. The molecule has 1 aliphatic rings. The number of H-pyrrole nitrogens is 2. The summed E-state index contributed by atoms with van der Waals surface area (Å²) in [6.07, 6.45) is 2.36. The molecule has 14 atom stereocenters. The molecule has 2 aromatic heterocycles. The molecule has 1 saturated heterocycles. The topological polar surface area (TPSA) is 528 Å². The van der Waals surface area contributed by atoms with E-state index in [2.05, 4.69) is 72.8 Å². The number of imidazole rings is 2. The van der Waals surface area contributed by atoms with Crippen LogP contribution in [0.5, 0.6) is 5.75 Å². The number of likely N-dealkylation sites (tertiary alicyclic amines) is 1. The summed E-state index contributed by atoms with van der Waals surface area (Å²) >= 11 is 0. The molecule has 1 fully saturated rings. The van der Waals surface area contributed by atoms with Crippen LogP contribution in [0.4, 0.5) is 0 Å². The maximum absolute atomic E-state index is 14.5. The Morgan fingerprint density at radius 1 is 0.624 bits per heavy atom. The molecular formula is C60H94N18O15. The second-order valence-electron chi connectivity index (χ2n) is 24.2. The molecule has 0 radical (unpaired) electrons. The number of carbonyl (C=O) groups excluding carboxylic acids is 10. The van der Waals surface area contributed by atoms with Crippen molar-refractivity contribution in [1.29, 1.82) is 0 Å². The van der Waals surface area contributed by atoms with Crippen LogP contribution in [0.3, 0.4) is 0 Å². The molecule has 514 valence electrons. The van der Waals surface area contributed by atoms with E-state index in [-0.39, 0.29) is 69.2 Å². The molecule has 1 aliphatic heterocycles. The van der Waals surface area contributed by atoms with Gasteiger partial charge in [-0.05, 0) is 88.3 Å². The summed E-state index contributed by atoms with van der Waals surface area (Å²) in [5.41, 5.74) is 18.2. The number of aromatic nitrogens is 4. The number of aliphatic hydroxyl groups excluding tert-OH is 2. The third kappa shape index (κ3) is 24.1. The number of aliphatic imine (C=N–C) groups is 1. The van der Waals surface area contributed by atoms with Gasteiger partial charge in [-0.25, -0.2) is 14.8 Å². The number of nitrogens with one attached hydrogen (secondary N) is 11. The van der Waals surface area contributed by atoms with E-state index in [4.69, 9.17) is 17.2 Å². The van der Waals surface area contributed by atoms with Gasteiger partial charge in [0, 0.05) is 56.1 Å². The maximum Gasteiger partial charge on any atom is 0.326 e. The summed E-state index contributed by atoms with van der Waals surface area (Å²) < 4.78 is 0. The Kier molecular flexibility index (Phi) is 30.1. The number of aliphatic carboxylic acids is 1. The van der Waals surface area contributed by atoms with Gasteiger partial charge in [-0.15, -0.1) is 0 Å². The maximum atomic E-state index is 14.5. The molecule has 21 N–H and O–H groups in total. The van der Waals surface area contributed by atoms with Crippen LogP contribution in [0.2, 0.25) is 0 Å². The van der Waals surface area contributed by atoms with Gasteiger partial charge < -0.3 is 100 Å². The second kappa shape index (κ2) is 36.7. The second-order valence-corrected chi connectivity index (χ2v) is 24.2. The van der Waals surface area contributed by atoms with E-state index < -0.39 is 156 Å². The van der Waals surface area contributed by atoms with Crippen molar-refractivity contribution >= 4 is 71.0 Å². The number of hydrogen-bond donors (Lipinski definition) is 18. The Bertz CT molecular complexity index is 3010. The van der Waals surface area contributed by atoms with Crippen molar-refractivity contribution in [1.82, 2.24) is 72.7 Å². The van der Waals surface area contributed by atoms with Crippen LogP contribution in [0.25, 0.3) is 0 Å². The zero-order valence-electron chi connectivity index (χ0n) is 53.9. The molecule has 0 bridgehead atoms. The molecule has 0 saturated carbocycles. The van der Waals surface area contributed by atoms with E-state index in [0.717, 1.165) is 13.8 Å². The normalized spacial score (nSPS) is 17.2. The minimum Gasteiger partial charge on any atom is -0.508 e. The molecule has 4 rings (SSSR count). The van der Waals surface area contributed by atoms with Crippen LogP contribution >= 0.6 is 0 Å². The van der Waals surface area contributed by atoms with Crippen molar-refractivity contribution in [3.8, 4) is 5.75 Å². The van der Waals surface area contributed by atoms with Crippen molar-refractivity contribution in [3.63, 3.8) is 0 Å². The van der Waals surface area contributed by atoms with Gasteiger partial charge in [-0.2, -0.15) is 0 Å². The molecule has 33 nitrogen and oxygen atoms in total. The minimum absolute atomic E-state index is 0.00415.